The molecule has 2 aliphatic carbocycles. The van der Waals surface area contributed by atoms with Gasteiger partial charge in [-0.2, -0.15) is 0 Å². The Morgan fingerprint density at radius 3 is 0.837 bits per heavy atom. The van der Waals surface area contributed by atoms with Crippen LogP contribution in [0.2, 0.25) is 0 Å². The molecule has 14 aromatic rings. The summed E-state index contributed by atoms with van der Waals surface area (Å²) in [5.74, 6) is 0. The first-order valence-corrected chi connectivity index (χ1v) is 35.8. The van der Waals surface area contributed by atoms with Crippen LogP contribution >= 0.6 is 0 Å². The summed E-state index contributed by atoms with van der Waals surface area (Å²) in [5, 5.41) is 19.1. The van der Waals surface area contributed by atoms with E-state index in [1.807, 2.05) is 0 Å². The molecule has 16 rings (SSSR count). The van der Waals surface area contributed by atoms with Crippen molar-refractivity contribution >= 4 is 329 Å². The maximum absolute atomic E-state index is 6.32. The van der Waals surface area contributed by atoms with Crippen molar-refractivity contribution in [1.82, 2.24) is 0 Å². The summed E-state index contributed by atoms with van der Waals surface area (Å²) in [5.41, 5.74) is 16.3. The molecule has 2 aliphatic rings. The molecular weight excluding hydrogens is 1300 g/mol. The van der Waals surface area contributed by atoms with Crippen LogP contribution in [0.5, 0.6) is 0 Å². The fourth-order valence-corrected chi connectivity index (χ4v) is 23.1. The van der Waals surface area contributed by atoms with Gasteiger partial charge in [0.2, 0.25) is 0 Å². The average Bonchev–Trinajstić information content (AvgIpc) is 1.32. The second-order valence-electron chi connectivity index (χ2n) is 25.3. The predicted molar refractivity (Wildman–Crippen MR) is 439 cm³/mol. The van der Waals surface area contributed by atoms with E-state index >= 15 is 0 Å². The van der Waals surface area contributed by atoms with Gasteiger partial charge in [0.25, 0.3) is 0 Å². The van der Waals surface area contributed by atoms with Gasteiger partial charge in [0.15, 0.2) is 0 Å². The Hall–Kier alpha value is -4.66. The zero-order valence-electron chi connectivity index (χ0n) is 50.5. The van der Waals surface area contributed by atoms with Crippen molar-refractivity contribution < 1.29 is 0 Å². The maximum atomic E-state index is 6.32. The second kappa shape index (κ2) is 25.1. The van der Waals surface area contributed by atoms with Crippen molar-refractivity contribution in [3.63, 3.8) is 0 Å². The molecule has 0 atom stereocenters. The molecular formula is C62H32B28Te2. The van der Waals surface area contributed by atoms with Crippen LogP contribution in [-0.4, -0.2) is 240 Å². The van der Waals surface area contributed by atoms with E-state index < -0.39 is 124 Å². The van der Waals surface area contributed by atoms with Crippen molar-refractivity contribution in [2.45, 2.75) is 0 Å². The van der Waals surface area contributed by atoms with Gasteiger partial charge >= 0.3 is 391 Å². The number of benzene rings is 12. The first-order chi connectivity index (χ1) is 44.4. The molecule has 30 heteroatoms. The predicted octanol–water partition coefficient (Wildman–Crippen LogP) is 6.15. The van der Waals surface area contributed by atoms with Gasteiger partial charge in [0.05, 0.1) is 0 Å². The summed E-state index contributed by atoms with van der Waals surface area (Å²) in [6.45, 7) is 0. The van der Waals surface area contributed by atoms with E-state index in [4.69, 9.17) is 116 Å². The molecule has 12 aromatic carbocycles. The zero-order valence-corrected chi connectivity index (χ0v) is 55.1. The van der Waals surface area contributed by atoms with Crippen LogP contribution < -0.4 is 0 Å². The van der Waals surface area contributed by atoms with Gasteiger partial charge in [-0.05, 0) is 0 Å². The Morgan fingerprint density at radius 1 is 0.207 bits per heavy atom. The van der Waals surface area contributed by atoms with E-state index in [0.29, 0.717) is 0 Å². The molecule has 0 unspecified atom stereocenters. The Balaban J connectivity index is 0.000000215. The van der Waals surface area contributed by atoms with Crippen molar-refractivity contribution in [2.75, 3.05) is 0 Å². The minimum atomic E-state index is -1.03. The molecule has 2 aromatic heterocycles. The first-order valence-electron chi connectivity index (χ1n) is 31.1. The normalized spacial score (nSPS) is 11.7. The standard InChI is InChI=1S/C62H32Te2.B28/c1-3-25-57-35(15-1)41-21-9-23-43(61(41)63-57)49-31-55-54-30-48-40-20-8-14-34-12-6-18-38(60(34)40)46(48)28-52(54)50(44-24-10-22-42-36-16-2-4-26-58(36)64-62(42)44)32-56(55)53-29-47-39-19-7-13-33-11-5-17-37(59(33)39)45(47)27-51(49)53;1-16(2)23(15)27(24(17(3)4)18(5)6)28(25(19(7)8)20(9)10)26(21(11)12)22(13)14/h1-32H;. The van der Waals surface area contributed by atoms with Gasteiger partial charge in [-0.1, -0.05) is 0 Å². The van der Waals surface area contributed by atoms with Crippen molar-refractivity contribution in [1.29, 1.82) is 0 Å². The van der Waals surface area contributed by atoms with Gasteiger partial charge in [0, 0.05) is 199 Å². The van der Waals surface area contributed by atoms with E-state index in [-0.39, 0.29) is 0 Å². The van der Waals surface area contributed by atoms with E-state index in [1.165, 1.54) is 142 Å². The molecule has 0 amide bonds. The third-order valence-electron chi connectivity index (χ3n) is 20.0. The molecule has 92 heavy (non-hydrogen) atoms. The Bertz CT molecular complexity index is 4960. The second-order valence-corrected chi connectivity index (χ2v) is 31.3. The molecule has 0 nitrogen and oxygen atoms in total. The van der Waals surface area contributed by atoms with E-state index in [1.54, 1.807) is 13.6 Å². The molecule has 0 N–H and O–H groups in total. The fourth-order valence-electron chi connectivity index (χ4n) is 16.1. The summed E-state index contributed by atoms with van der Waals surface area (Å²) in [6.07, 6.45) is -12.2. The van der Waals surface area contributed by atoms with Gasteiger partial charge in [-0.15, -0.1) is 0 Å². The number of fused-ring (bicyclic) bond motifs is 17. The SMILES string of the molecule is [B]B([B])B([B])B(B(B([B])[B])B([B])[B])B(B(B([B])[B])B([B])[B])B(B([B])[B])B([B])[B].c1cc2c3c(cccc3c1)-c1cc3c(cc1-2)c(-c1cccc2c1[te]c1ccccc12)cc1c2cc4c(cc2c(-c2cccc5c2[te]c2ccccc25)cc31)-c1cccc2cccc-4c12. The third kappa shape index (κ3) is 10.4. The van der Waals surface area contributed by atoms with Crippen molar-refractivity contribution in [2.24, 2.45) is 0 Å². The van der Waals surface area contributed by atoms with Crippen LogP contribution in [0, 0.1) is 0 Å². The monoisotopic (exact) mass is 1340 g/mol. The number of hydrogen-bond donors (Lipinski definition) is 0. The van der Waals surface area contributed by atoms with E-state index in [2.05, 4.69) is 194 Å². The van der Waals surface area contributed by atoms with Crippen LogP contribution in [0.25, 0.3) is 156 Å². The van der Waals surface area contributed by atoms with Gasteiger partial charge in [0.1, 0.15) is 0 Å². The van der Waals surface area contributed by atoms with Crippen LogP contribution in [0.1, 0.15) is 0 Å². The minimum absolute atomic E-state index is 0.595. The number of hydrogen-bond acceptors (Lipinski definition) is 0. The molecule has 0 aliphatic heterocycles. The Labute approximate surface area is 584 Å². The zero-order chi connectivity index (χ0) is 63.9. The van der Waals surface area contributed by atoms with Crippen LogP contribution in [0.15, 0.2) is 194 Å². The van der Waals surface area contributed by atoms with E-state index in [9.17, 15) is 0 Å². The summed E-state index contributed by atoms with van der Waals surface area (Å²) in [6, 6.07) is 75.5. The molecule has 30 radical (unpaired) electrons. The molecule has 0 saturated heterocycles. The molecule has 0 fully saturated rings. The fraction of sp³-hybridized carbons (Fsp3) is 0. The number of rotatable bonds is 14. The average molecular weight is 1330 g/mol. The summed E-state index contributed by atoms with van der Waals surface area (Å²) < 4.78 is 6.22. The molecule has 2 heterocycles. The first kappa shape index (κ1) is 63.4. The van der Waals surface area contributed by atoms with Crippen LogP contribution in [-0.2, 0) is 0 Å². The van der Waals surface area contributed by atoms with Gasteiger partial charge in [-0.3, -0.25) is 0 Å². The molecule has 0 spiro atoms. The quantitative estimate of drug-likeness (QED) is 0.0908. The molecule has 0 bridgehead atoms. The summed E-state index contributed by atoms with van der Waals surface area (Å²) in [7, 11) is 89.6. The van der Waals surface area contributed by atoms with Crippen molar-refractivity contribution in [3.05, 3.63) is 194 Å². The Morgan fingerprint density at radius 2 is 0.489 bits per heavy atom. The van der Waals surface area contributed by atoms with E-state index in [0.717, 1.165) is 0 Å². The Kier molecular flexibility index (Phi) is 17.3. The topological polar surface area (TPSA) is 0 Å². The molecule has 0 saturated carbocycles. The third-order valence-corrected chi connectivity index (χ3v) is 27.0. The summed E-state index contributed by atoms with van der Waals surface area (Å²) >= 11 is -1.19. The summed E-state index contributed by atoms with van der Waals surface area (Å²) in [4.78, 5) is 0. The molecule has 376 valence electrons. The van der Waals surface area contributed by atoms with Crippen LogP contribution in [0.4, 0.5) is 0 Å². The van der Waals surface area contributed by atoms with Crippen LogP contribution in [0.3, 0.4) is 0 Å². The van der Waals surface area contributed by atoms with Crippen molar-refractivity contribution in [3.8, 4) is 66.8 Å². The van der Waals surface area contributed by atoms with Gasteiger partial charge in [-0.25, -0.2) is 0 Å². The van der Waals surface area contributed by atoms with Gasteiger partial charge < -0.3 is 0 Å².